The Labute approximate surface area is 152 Å². The Morgan fingerprint density at radius 2 is 2.24 bits per heavy atom. The molecule has 0 unspecified atom stereocenters. The molecule has 0 radical (unpaired) electrons. The van der Waals surface area contributed by atoms with Gasteiger partial charge in [-0.15, -0.1) is 0 Å². The third kappa shape index (κ3) is 5.95. The van der Waals surface area contributed by atoms with E-state index in [4.69, 9.17) is 11.6 Å². The maximum absolute atomic E-state index is 13.6. The van der Waals surface area contributed by atoms with Gasteiger partial charge in [0.15, 0.2) is 0 Å². The minimum absolute atomic E-state index is 0.0666. The van der Waals surface area contributed by atoms with Crippen molar-refractivity contribution in [3.05, 3.63) is 34.6 Å². The predicted molar refractivity (Wildman–Crippen MR) is 94.8 cm³/mol. The van der Waals surface area contributed by atoms with Crippen LogP contribution in [0.4, 0.5) is 4.39 Å². The average Bonchev–Trinajstić information content (AvgIpc) is 2.54. The molecule has 2 rings (SSSR count). The van der Waals surface area contributed by atoms with Gasteiger partial charge < -0.3 is 15.5 Å². The van der Waals surface area contributed by atoms with Crippen LogP contribution in [0.5, 0.6) is 0 Å². The number of halogens is 2. The van der Waals surface area contributed by atoms with E-state index in [0.717, 1.165) is 12.1 Å². The molecule has 1 aliphatic heterocycles. The van der Waals surface area contributed by atoms with Gasteiger partial charge >= 0.3 is 0 Å². The van der Waals surface area contributed by atoms with Crippen LogP contribution < -0.4 is 10.6 Å². The number of carbonyl (C=O) groups excluding carboxylic acids is 2. The van der Waals surface area contributed by atoms with Crippen LogP contribution in [0.2, 0.25) is 5.02 Å². The van der Waals surface area contributed by atoms with E-state index in [9.17, 15) is 14.0 Å². The van der Waals surface area contributed by atoms with Crippen molar-refractivity contribution in [3.63, 3.8) is 0 Å². The maximum Gasteiger partial charge on any atom is 0.237 e. The monoisotopic (exact) mass is 370 g/mol. The fraction of sp³-hybridized carbons (Fsp3) is 0.529. The van der Waals surface area contributed by atoms with Crippen molar-refractivity contribution in [2.45, 2.75) is 19.0 Å². The van der Waals surface area contributed by atoms with Crippen LogP contribution in [0.25, 0.3) is 0 Å². The molecule has 0 spiro atoms. The number of piperazine rings is 1. The van der Waals surface area contributed by atoms with Gasteiger partial charge in [0.1, 0.15) is 5.82 Å². The zero-order chi connectivity index (χ0) is 18.4. The first-order chi connectivity index (χ1) is 11.9. The molecule has 1 aromatic carbocycles. The number of hydrogen-bond acceptors (Lipinski definition) is 4. The summed E-state index contributed by atoms with van der Waals surface area (Å²) in [4.78, 5) is 28.2. The zero-order valence-corrected chi connectivity index (χ0v) is 15.3. The van der Waals surface area contributed by atoms with Crippen molar-refractivity contribution in [1.29, 1.82) is 0 Å². The van der Waals surface area contributed by atoms with Gasteiger partial charge in [-0.1, -0.05) is 17.7 Å². The summed E-state index contributed by atoms with van der Waals surface area (Å²) in [5.41, 5.74) is 0.717. The van der Waals surface area contributed by atoms with Crippen LogP contribution >= 0.6 is 11.6 Å². The van der Waals surface area contributed by atoms with E-state index in [1.54, 1.807) is 6.07 Å². The third-order valence-electron chi connectivity index (χ3n) is 4.07. The van der Waals surface area contributed by atoms with Crippen LogP contribution in [-0.4, -0.2) is 67.9 Å². The second-order valence-corrected chi connectivity index (χ2v) is 6.79. The summed E-state index contributed by atoms with van der Waals surface area (Å²) in [7, 11) is 3.85. The number of benzene rings is 1. The molecular formula is C17H24ClFN4O2. The summed E-state index contributed by atoms with van der Waals surface area (Å²) >= 11 is 5.71. The van der Waals surface area contributed by atoms with Crippen molar-refractivity contribution < 1.29 is 14.0 Å². The Morgan fingerprint density at radius 3 is 2.92 bits per heavy atom. The molecule has 1 atom stereocenters. The highest BCUT2D eigenvalue weighted by molar-refractivity contribution is 6.30. The molecule has 0 saturated carbocycles. The Kier molecular flexibility index (Phi) is 7.16. The van der Waals surface area contributed by atoms with Gasteiger partial charge in [-0.05, 0) is 31.8 Å². The van der Waals surface area contributed by atoms with Gasteiger partial charge in [0.25, 0.3) is 0 Å². The normalized spacial score (nSPS) is 18.3. The molecule has 2 N–H and O–H groups in total. The Morgan fingerprint density at radius 1 is 1.48 bits per heavy atom. The molecular weight excluding hydrogens is 347 g/mol. The molecule has 25 heavy (non-hydrogen) atoms. The van der Waals surface area contributed by atoms with Gasteiger partial charge in [0.05, 0.1) is 17.5 Å². The predicted octanol–water partition coefficient (Wildman–Crippen LogP) is 0.847. The molecule has 0 aromatic heterocycles. The Balaban J connectivity index is 1.98. The van der Waals surface area contributed by atoms with Crippen molar-refractivity contribution >= 4 is 23.4 Å². The minimum Gasteiger partial charge on any atom is -0.355 e. The summed E-state index contributed by atoms with van der Waals surface area (Å²) in [5, 5.41) is 5.67. The molecule has 0 aliphatic carbocycles. The molecule has 1 heterocycles. The van der Waals surface area contributed by atoms with Crippen LogP contribution in [0.3, 0.4) is 0 Å². The maximum atomic E-state index is 13.6. The van der Waals surface area contributed by atoms with E-state index in [-0.39, 0.29) is 23.3 Å². The van der Waals surface area contributed by atoms with E-state index in [1.807, 2.05) is 23.9 Å². The van der Waals surface area contributed by atoms with Crippen molar-refractivity contribution in [2.75, 3.05) is 40.3 Å². The minimum atomic E-state index is -0.563. The van der Waals surface area contributed by atoms with Crippen LogP contribution in [0.1, 0.15) is 12.0 Å². The summed E-state index contributed by atoms with van der Waals surface area (Å²) in [6.07, 6.45) is 0.0787. The fourth-order valence-corrected chi connectivity index (χ4v) is 2.83. The highest BCUT2D eigenvalue weighted by Gasteiger charge is 2.31. The van der Waals surface area contributed by atoms with Crippen LogP contribution in [0.15, 0.2) is 18.2 Å². The third-order valence-corrected chi connectivity index (χ3v) is 4.38. The number of likely N-dealkylation sites (N-methyl/N-ethyl adjacent to an activating group) is 1. The number of carbonyl (C=O) groups is 2. The van der Waals surface area contributed by atoms with E-state index >= 15 is 0 Å². The highest BCUT2D eigenvalue weighted by atomic mass is 35.5. The molecule has 1 fully saturated rings. The van der Waals surface area contributed by atoms with E-state index in [1.165, 1.54) is 12.1 Å². The summed E-state index contributed by atoms with van der Waals surface area (Å²) in [6, 6.07) is 4.03. The smallest absolute Gasteiger partial charge is 0.237 e. The van der Waals surface area contributed by atoms with Crippen molar-refractivity contribution in [2.24, 2.45) is 0 Å². The number of rotatable bonds is 7. The van der Waals surface area contributed by atoms with Crippen molar-refractivity contribution in [3.8, 4) is 0 Å². The Hall–Kier alpha value is -1.70. The van der Waals surface area contributed by atoms with E-state index in [2.05, 4.69) is 10.6 Å². The summed E-state index contributed by atoms with van der Waals surface area (Å²) < 4.78 is 13.6. The number of nitrogens with zero attached hydrogens (tertiary/aromatic N) is 2. The fourth-order valence-electron chi connectivity index (χ4n) is 2.71. The molecule has 8 heteroatoms. The van der Waals surface area contributed by atoms with Crippen LogP contribution in [0, 0.1) is 5.82 Å². The first-order valence-corrected chi connectivity index (χ1v) is 8.61. The molecule has 2 amide bonds. The second-order valence-electron chi connectivity index (χ2n) is 6.38. The molecule has 1 aliphatic rings. The molecule has 0 bridgehead atoms. The largest absolute Gasteiger partial charge is 0.355 e. The number of amides is 2. The molecule has 6 nitrogen and oxygen atoms in total. The highest BCUT2D eigenvalue weighted by Crippen LogP contribution is 2.19. The van der Waals surface area contributed by atoms with Crippen molar-refractivity contribution in [1.82, 2.24) is 20.4 Å². The first-order valence-electron chi connectivity index (χ1n) is 8.24. The van der Waals surface area contributed by atoms with Gasteiger partial charge in [0.2, 0.25) is 11.8 Å². The quantitative estimate of drug-likeness (QED) is 0.747. The topological polar surface area (TPSA) is 64.7 Å². The Bertz CT molecular complexity index is 627. The zero-order valence-electron chi connectivity index (χ0n) is 14.5. The lowest BCUT2D eigenvalue weighted by atomic mass is 10.1. The molecule has 138 valence electrons. The van der Waals surface area contributed by atoms with Crippen LogP contribution in [-0.2, 0) is 16.1 Å². The van der Waals surface area contributed by atoms with Gasteiger partial charge in [0, 0.05) is 32.7 Å². The first kappa shape index (κ1) is 19.6. The molecule has 1 aromatic rings. The summed E-state index contributed by atoms with van der Waals surface area (Å²) in [5.74, 6) is -0.835. The lowest BCUT2D eigenvalue weighted by Gasteiger charge is -2.34. The average molecular weight is 371 g/mol. The van der Waals surface area contributed by atoms with Gasteiger partial charge in [-0.3, -0.25) is 14.5 Å². The second kappa shape index (κ2) is 9.12. The summed E-state index contributed by atoms with van der Waals surface area (Å²) in [6.45, 7) is 2.76. The van der Waals surface area contributed by atoms with E-state index in [0.29, 0.717) is 26.2 Å². The number of hydrogen-bond donors (Lipinski definition) is 2. The number of nitrogens with one attached hydrogen (secondary N) is 2. The van der Waals surface area contributed by atoms with E-state index < -0.39 is 11.9 Å². The van der Waals surface area contributed by atoms with Gasteiger partial charge in [-0.25, -0.2) is 4.39 Å². The SMILES string of the molecule is CN(C)CCNC(=O)C[C@@H]1C(=O)NCCN1Cc1ccc(Cl)c(F)c1. The lowest BCUT2D eigenvalue weighted by molar-refractivity contribution is -0.134. The molecule has 1 saturated heterocycles. The van der Waals surface area contributed by atoms with Gasteiger partial charge in [-0.2, -0.15) is 0 Å². The standard InChI is InChI=1S/C17H24ClFN4O2/c1-22(2)7-5-20-16(24)10-15-17(25)21-6-8-23(15)11-12-3-4-13(18)14(19)9-12/h3-4,9,15H,5-8,10-11H2,1-2H3,(H,20,24)(H,21,25)/t15-/m1/s1. The lowest BCUT2D eigenvalue weighted by Crippen LogP contribution is -2.56.